The standard InChI is InChI=1S/C8H14N2O3S/c1-8(2,3)6-4-13-7(10-6)5-14(9,11)12/h4H,5H2,1-3H3,(H2,9,11,12). The molecule has 0 aliphatic rings. The number of aromatic nitrogens is 1. The van der Waals surface area contributed by atoms with Crippen molar-refractivity contribution in [2.45, 2.75) is 31.9 Å². The van der Waals surface area contributed by atoms with Crippen LogP contribution in [-0.2, 0) is 21.2 Å². The van der Waals surface area contributed by atoms with Crippen LogP contribution in [0, 0.1) is 0 Å². The Labute approximate surface area is 83.4 Å². The minimum absolute atomic E-state index is 0.137. The minimum atomic E-state index is -3.57. The Kier molecular flexibility index (Phi) is 2.69. The van der Waals surface area contributed by atoms with Gasteiger partial charge in [0.2, 0.25) is 15.9 Å². The van der Waals surface area contributed by atoms with Crippen molar-refractivity contribution in [1.29, 1.82) is 0 Å². The van der Waals surface area contributed by atoms with Crippen LogP contribution in [0.1, 0.15) is 32.4 Å². The molecule has 6 heteroatoms. The average Bonchev–Trinajstić information content (AvgIpc) is 2.29. The molecule has 0 radical (unpaired) electrons. The van der Waals surface area contributed by atoms with Crippen LogP contribution in [0.15, 0.2) is 10.7 Å². The molecule has 1 rings (SSSR count). The second-order valence-corrected chi connectivity index (χ2v) is 5.80. The minimum Gasteiger partial charge on any atom is -0.448 e. The normalized spacial score (nSPS) is 13.1. The first kappa shape index (κ1) is 11.2. The van der Waals surface area contributed by atoms with Gasteiger partial charge in [-0.05, 0) is 0 Å². The van der Waals surface area contributed by atoms with E-state index in [1.807, 2.05) is 20.8 Å². The first-order valence-corrected chi connectivity index (χ1v) is 5.85. The highest BCUT2D eigenvalue weighted by Gasteiger charge is 2.20. The van der Waals surface area contributed by atoms with Crippen molar-refractivity contribution in [3.8, 4) is 0 Å². The summed E-state index contributed by atoms with van der Waals surface area (Å²) in [6.45, 7) is 5.89. The van der Waals surface area contributed by atoms with Gasteiger partial charge in [0.25, 0.3) is 0 Å². The summed E-state index contributed by atoms with van der Waals surface area (Å²) in [6, 6.07) is 0. The molecule has 2 N–H and O–H groups in total. The van der Waals surface area contributed by atoms with E-state index in [9.17, 15) is 8.42 Å². The van der Waals surface area contributed by atoms with Gasteiger partial charge in [0.05, 0.1) is 5.69 Å². The molecule has 5 nitrogen and oxygen atoms in total. The van der Waals surface area contributed by atoms with Crippen LogP contribution in [0.5, 0.6) is 0 Å². The van der Waals surface area contributed by atoms with Crippen LogP contribution in [0.2, 0.25) is 0 Å². The van der Waals surface area contributed by atoms with Gasteiger partial charge in [0.1, 0.15) is 12.0 Å². The first-order chi connectivity index (χ1) is 6.18. The first-order valence-electron chi connectivity index (χ1n) is 4.14. The lowest BCUT2D eigenvalue weighted by molar-refractivity contribution is 0.503. The average molecular weight is 218 g/mol. The summed E-state index contributed by atoms with van der Waals surface area (Å²) in [4.78, 5) is 4.04. The third kappa shape index (κ3) is 3.12. The van der Waals surface area contributed by atoms with Crippen LogP contribution in [0.4, 0.5) is 0 Å². The Morgan fingerprint density at radius 3 is 2.43 bits per heavy atom. The molecule has 0 saturated carbocycles. The summed E-state index contributed by atoms with van der Waals surface area (Å²) >= 11 is 0. The van der Waals surface area contributed by atoms with Crippen LogP contribution in [-0.4, -0.2) is 13.4 Å². The van der Waals surface area contributed by atoms with Gasteiger partial charge >= 0.3 is 0 Å². The Hall–Kier alpha value is -0.880. The predicted molar refractivity (Wildman–Crippen MR) is 52.0 cm³/mol. The highest BCUT2D eigenvalue weighted by Crippen LogP contribution is 2.21. The van der Waals surface area contributed by atoms with Crippen LogP contribution >= 0.6 is 0 Å². The Morgan fingerprint density at radius 1 is 1.50 bits per heavy atom. The number of sulfonamides is 1. The number of hydrogen-bond donors (Lipinski definition) is 1. The van der Waals surface area contributed by atoms with Crippen LogP contribution in [0.3, 0.4) is 0 Å². The van der Waals surface area contributed by atoms with E-state index >= 15 is 0 Å². The molecular formula is C8H14N2O3S. The molecule has 0 fully saturated rings. The summed E-state index contributed by atoms with van der Waals surface area (Å²) in [5.41, 5.74) is 0.566. The second-order valence-electron chi connectivity index (χ2n) is 4.18. The molecule has 0 spiro atoms. The molecule has 80 valence electrons. The Balaban J connectivity index is 2.90. The topological polar surface area (TPSA) is 86.2 Å². The molecule has 0 atom stereocenters. The van der Waals surface area contributed by atoms with Crippen molar-refractivity contribution < 1.29 is 12.8 Å². The smallest absolute Gasteiger partial charge is 0.218 e. The molecule has 1 aromatic rings. The fourth-order valence-corrected chi connectivity index (χ4v) is 1.37. The summed E-state index contributed by atoms with van der Waals surface area (Å²) in [5.74, 6) is -0.222. The monoisotopic (exact) mass is 218 g/mol. The van der Waals surface area contributed by atoms with Crippen molar-refractivity contribution >= 4 is 10.0 Å². The van der Waals surface area contributed by atoms with Crippen LogP contribution < -0.4 is 5.14 Å². The quantitative estimate of drug-likeness (QED) is 0.794. The largest absolute Gasteiger partial charge is 0.448 e. The van der Waals surface area contributed by atoms with E-state index < -0.39 is 10.0 Å². The van der Waals surface area contributed by atoms with Gasteiger partial charge in [-0.15, -0.1) is 0 Å². The van der Waals surface area contributed by atoms with Gasteiger partial charge in [-0.2, -0.15) is 0 Å². The number of rotatable bonds is 2. The number of nitrogens with two attached hydrogens (primary N) is 1. The Bertz CT molecular complexity index is 414. The highest BCUT2D eigenvalue weighted by molar-refractivity contribution is 7.88. The molecule has 0 bridgehead atoms. The fourth-order valence-electron chi connectivity index (χ4n) is 0.894. The molecule has 0 amide bonds. The molecule has 14 heavy (non-hydrogen) atoms. The second kappa shape index (κ2) is 3.36. The molecule has 1 aromatic heterocycles. The maximum atomic E-state index is 10.7. The highest BCUT2D eigenvalue weighted by atomic mass is 32.2. The van der Waals surface area contributed by atoms with Crippen molar-refractivity contribution in [2.75, 3.05) is 0 Å². The van der Waals surface area contributed by atoms with Crippen molar-refractivity contribution in [2.24, 2.45) is 5.14 Å². The molecule has 1 heterocycles. The van der Waals surface area contributed by atoms with Crippen molar-refractivity contribution in [3.05, 3.63) is 17.8 Å². The molecule has 0 unspecified atom stereocenters. The predicted octanol–water partition coefficient (Wildman–Crippen LogP) is 0.761. The van der Waals surface area contributed by atoms with Gasteiger partial charge < -0.3 is 4.42 Å². The lowest BCUT2D eigenvalue weighted by Gasteiger charge is -2.12. The Morgan fingerprint density at radius 2 is 2.07 bits per heavy atom. The zero-order valence-corrected chi connectivity index (χ0v) is 9.26. The summed E-state index contributed by atoms with van der Waals surface area (Å²) in [7, 11) is -3.57. The number of hydrogen-bond acceptors (Lipinski definition) is 4. The summed E-state index contributed by atoms with van der Waals surface area (Å²) in [6.07, 6.45) is 1.46. The SMILES string of the molecule is CC(C)(C)c1coc(CS(N)(=O)=O)n1. The number of primary sulfonamides is 1. The third-order valence-electron chi connectivity index (χ3n) is 1.64. The van der Waals surface area contributed by atoms with Gasteiger partial charge in [0.15, 0.2) is 0 Å². The summed E-state index contributed by atoms with van der Waals surface area (Å²) < 4.78 is 26.5. The van der Waals surface area contributed by atoms with E-state index in [0.717, 1.165) is 5.69 Å². The lowest BCUT2D eigenvalue weighted by atomic mass is 9.93. The van der Waals surface area contributed by atoms with Gasteiger partial charge in [-0.25, -0.2) is 18.5 Å². The fraction of sp³-hybridized carbons (Fsp3) is 0.625. The zero-order chi connectivity index (χ0) is 11.0. The molecular weight excluding hydrogens is 204 g/mol. The van der Waals surface area contributed by atoms with Gasteiger partial charge in [-0.1, -0.05) is 20.8 Å². The van der Waals surface area contributed by atoms with Crippen LogP contribution in [0.25, 0.3) is 0 Å². The maximum absolute atomic E-state index is 10.7. The van der Waals surface area contributed by atoms with E-state index in [0.29, 0.717) is 0 Å². The van der Waals surface area contributed by atoms with E-state index in [1.165, 1.54) is 6.26 Å². The van der Waals surface area contributed by atoms with Crippen molar-refractivity contribution in [1.82, 2.24) is 4.98 Å². The number of oxazole rings is 1. The van der Waals surface area contributed by atoms with E-state index in [1.54, 1.807) is 0 Å². The van der Waals surface area contributed by atoms with Gasteiger partial charge in [-0.3, -0.25) is 0 Å². The zero-order valence-electron chi connectivity index (χ0n) is 8.44. The van der Waals surface area contributed by atoms with E-state index in [4.69, 9.17) is 9.56 Å². The molecule has 0 aliphatic heterocycles. The molecule has 0 aliphatic carbocycles. The summed E-state index contributed by atoms with van der Waals surface area (Å²) in [5, 5.41) is 4.86. The maximum Gasteiger partial charge on any atom is 0.218 e. The van der Waals surface area contributed by atoms with Gasteiger partial charge in [0, 0.05) is 5.41 Å². The lowest BCUT2D eigenvalue weighted by Crippen LogP contribution is -2.15. The van der Waals surface area contributed by atoms with Crippen molar-refractivity contribution in [3.63, 3.8) is 0 Å². The molecule has 0 aromatic carbocycles. The van der Waals surface area contributed by atoms with E-state index in [2.05, 4.69) is 4.98 Å². The molecule has 0 saturated heterocycles. The third-order valence-corrected chi connectivity index (χ3v) is 2.29. The van der Waals surface area contributed by atoms with E-state index in [-0.39, 0.29) is 17.1 Å². The number of nitrogens with zero attached hydrogens (tertiary/aromatic N) is 1.